The summed E-state index contributed by atoms with van der Waals surface area (Å²) in [5, 5.41) is 1.60. The Kier molecular flexibility index (Phi) is 5.53. The lowest BCUT2D eigenvalue weighted by atomic mass is 10.1. The number of benzene rings is 2. The Morgan fingerprint density at radius 3 is 2.61 bits per heavy atom. The minimum Gasteiger partial charge on any atom is -0.384 e. The van der Waals surface area contributed by atoms with Crippen LogP contribution in [0.1, 0.15) is 15.9 Å². The molecule has 0 aliphatic carbocycles. The van der Waals surface area contributed by atoms with E-state index in [0.29, 0.717) is 29.5 Å². The van der Waals surface area contributed by atoms with Crippen LogP contribution in [-0.4, -0.2) is 46.9 Å². The van der Waals surface area contributed by atoms with Crippen molar-refractivity contribution in [1.29, 1.82) is 0 Å². The molecule has 0 atom stereocenters. The molecular formula is C21H20BrClN4O. The maximum atomic E-state index is 12.7. The number of nitrogens with two attached hydrogens (primary N) is 1. The van der Waals surface area contributed by atoms with E-state index in [4.69, 9.17) is 17.3 Å². The molecule has 0 spiro atoms. The lowest BCUT2D eigenvalue weighted by molar-refractivity contribution is 0.0629. The third-order valence-corrected chi connectivity index (χ3v) is 5.86. The largest absolute Gasteiger partial charge is 0.384 e. The second-order valence-electron chi connectivity index (χ2n) is 6.92. The molecule has 1 saturated heterocycles. The molecule has 1 aromatic heterocycles. The lowest BCUT2D eigenvalue weighted by Crippen LogP contribution is -2.48. The van der Waals surface area contributed by atoms with E-state index >= 15 is 0 Å². The summed E-state index contributed by atoms with van der Waals surface area (Å²) < 4.78 is 0.982. The first kappa shape index (κ1) is 19.2. The number of nitrogen functional groups attached to an aromatic ring is 1. The van der Waals surface area contributed by atoms with Gasteiger partial charge in [0.05, 0.1) is 16.1 Å². The highest BCUT2D eigenvalue weighted by atomic mass is 79.9. The number of piperazine rings is 1. The summed E-state index contributed by atoms with van der Waals surface area (Å²) in [4.78, 5) is 21.4. The highest BCUT2D eigenvalue weighted by Gasteiger charge is 2.23. The van der Waals surface area contributed by atoms with Crippen molar-refractivity contribution < 1.29 is 4.79 Å². The van der Waals surface area contributed by atoms with Crippen molar-refractivity contribution in [3.8, 4) is 0 Å². The smallest absolute Gasteiger partial charge is 0.255 e. The average Bonchev–Trinajstić information content (AvgIpc) is 2.68. The van der Waals surface area contributed by atoms with Crippen LogP contribution in [0.4, 0.5) is 5.82 Å². The number of pyridine rings is 1. The SMILES string of the molecule is Nc1cc(CN2CCN(C(=O)c3ccccc3Cl)CC2)c2ccc(Br)cc2n1. The minimum absolute atomic E-state index is 0.00583. The molecule has 0 bridgehead atoms. The number of carbonyl (C=O) groups is 1. The summed E-state index contributed by atoms with van der Waals surface area (Å²) >= 11 is 9.66. The Morgan fingerprint density at radius 2 is 1.86 bits per heavy atom. The summed E-state index contributed by atoms with van der Waals surface area (Å²) in [5.41, 5.74) is 8.62. The topological polar surface area (TPSA) is 62.5 Å². The molecule has 1 aliphatic rings. The number of nitrogens with zero attached hydrogens (tertiary/aromatic N) is 3. The van der Waals surface area contributed by atoms with Crippen LogP contribution in [0, 0.1) is 0 Å². The molecule has 1 aliphatic heterocycles. The maximum Gasteiger partial charge on any atom is 0.255 e. The van der Waals surface area contributed by atoms with Gasteiger partial charge in [0.2, 0.25) is 0 Å². The predicted molar refractivity (Wildman–Crippen MR) is 116 cm³/mol. The van der Waals surface area contributed by atoms with Gasteiger partial charge in [-0.3, -0.25) is 9.69 Å². The standard InChI is InChI=1S/C21H20BrClN4O/c22-15-5-6-16-14(11-20(24)25-19(16)12-15)13-26-7-9-27(10-8-26)21(28)17-3-1-2-4-18(17)23/h1-6,11-12H,7-10,13H2,(H2,24,25). The van der Waals surface area contributed by atoms with Gasteiger partial charge in [-0.1, -0.05) is 45.7 Å². The van der Waals surface area contributed by atoms with Crippen LogP contribution in [0.25, 0.3) is 10.9 Å². The van der Waals surface area contributed by atoms with E-state index in [2.05, 4.69) is 31.9 Å². The monoisotopic (exact) mass is 458 g/mol. The number of hydrogen-bond donors (Lipinski definition) is 1. The zero-order valence-electron chi connectivity index (χ0n) is 15.2. The molecule has 2 aromatic carbocycles. The van der Waals surface area contributed by atoms with E-state index in [1.54, 1.807) is 12.1 Å². The second kappa shape index (κ2) is 8.07. The molecule has 4 rings (SSSR count). The first-order chi connectivity index (χ1) is 13.5. The van der Waals surface area contributed by atoms with E-state index in [-0.39, 0.29) is 5.91 Å². The number of halogens is 2. The van der Waals surface area contributed by atoms with Crippen molar-refractivity contribution in [2.75, 3.05) is 31.9 Å². The van der Waals surface area contributed by atoms with Gasteiger partial charge in [-0.15, -0.1) is 0 Å². The zero-order chi connectivity index (χ0) is 19.7. The molecule has 7 heteroatoms. The molecule has 0 unspecified atom stereocenters. The van der Waals surface area contributed by atoms with Gasteiger partial charge in [0, 0.05) is 42.6 Å². The van der Waals surface area contributed by atoms with Gasteiger partial charge >= 0.3 is 0 Å². The van der Waals surface area contributed by atoms with Crippen LogP contribution in [-0.2, 0) is 6.54 Å². The summed E-state index contributed by atoms with van der Waals surface area (Å²) in [7, 11) is 0. The van der Waals surface area contributed by atoms with Crippen molar-refractivity contribution >= 4 is 50.2 Å². The van der Waals surface area contributed by atoms with Crippen LogP contribution in [0.3, 0.4) is 0 Å². The van der Waals surface area contributed by atoms with Crippen molar-refractivity contribution in [2.24, 2.45) is 0 Å². The number of hydrogen-bond acceptors (Lipinski definition) is 4. The first-order valence-corrected chi connectivity index (χ1v) is 10.3. The number of rotatable bonds is 3. The van der Waals surface area contributed by atoms with Crippen molar-refractivity contribution in [1.82, 2.24) is 14.8 Å². The molecular weight excluding hydrogens is 440 g/mol. The van der Waals surface area contributed by atoms with Crippen LogP contribution in [0.2, 0.25) is 5.02 Å². The van der Waals surface area contributed by atoms with Crippen molar-refractivity contribution in [3.05, 3.63) is 69.2 Å². The zero-order valence-corrected chi connectivity index (χ0v) is 17.6. The quantitative estimate of drug-likeness (QED) is 0.638. The minimum atomic E-state index is -0.00583. The molecule has 0 radical (unpaired) electrons. The van der Waals surface area contributed by atoms with Gasteiger partial charge in [0.25, 0.3) is 5.91 Å². The number of aromatic nitrogens is 1. The fraction of sp³-hybridized carbons (Fsp3) is 0.238. The van der Waals surface area contributed by atoms with Gasteiger partial charge < -0.3 is 10.6 Å². The second-order valence-corrected chi connectivity index (χ2v) is 8.24. The summed E-state index contributed by atoms with van der Waals surface area (Å²) in [6.07, 6.45) is 0. The molecule has 1 amide bonds. The predicted octanol–water partition coefficient (Wildman–Crippen LogP) is 4.19. The Bertz CT molecular complexity index is 1030. The van der Waals surface area contributed by atoms with E-state index < -0.39 is 0 Å². The Labute approximate surface area is 177 Å². The highest BCUT2D eigenvalue weighted by molar-refractivity contribution is 9.10. The number of amides is 1. The van der Waals surface area contributed by atoms with Gasteiger partial charge in [-0.05, 0) is 35.9 Å². The van der Waals surface area contributed by atoms with Crippen LogP contribution < -0.4 is 5.73 Å². The fourth-order valence-corrected chi connectivity index (χ4v) is 4.15. The number of carbonyl (C=O) groups excluding carboxylic acids is 1. The van der Waals surface area contributed by atoms with E-state index in [0.717, 1.165) is 40.6 Å². The molecule has 28 heavy (non-hydrogen) atoms. The van der Waals surface area contributed by atoms with Crippen LogP contribution in [0.5, 0.6) is 0 Å². The Morgan fingerprint density at radius 1 is 1.11 bits per heavy atom. The fourth-order valence-electron chi connectivity index (χ4n) is 3.58. The third kappa shape index (κ3) is 3.99. The molecule has 0 saturated carbocycles. The molecule has 2 N–H and O–H groups in total. The average molecular weight is 460 g/mol. The molecule has 2 heterocycles. The Balaban J connectivity index is 1.46. The summed E-state index contributed by atoms with van der Waals surface area (Å²) in [6.45, 7) is 3.73. The van der Waals surface area contributed by atoms with Gasteiger partial charge in [0.15, 0.2) is 0 Å². The van der Waals surface area contributed by atoms with E-state index in [1.165, 1.54) is 0 Å². The van der Waals surface area contributed by atoms with Gasteiger partial charge in [0.1, 0.15) is 5.82 Å². The van der Waals surface area contributed by atoms with E-state index in [9.17, 15) is 4.79 Å². The summed E-state index contributed by atoms with van der Waals surface area (Å²) in [5.74, 6) is 0.516. The van der Waals surface area contributed by atoms with Crippen LogP contribution >= 0.6 is 27.5 Å². The van der Waals surface area contributed by atoms with Crippen molar-refractivity contribution in [3.63, 3.8) is 0 Å². The van der Waals surface area contributed by atoms with Crippen LogP contribution in [0.15, 0.2) is 53.0 Å². The van der Waals surface area contributed by atoms with Gasteiger partial charge in [-0.25, -0.2) is 4.98 Å². The van der Waals surface area contributed by atoms with Gasteiger partial charge in [-0.2, -0.15) is 0 Å². The lowest BCUT2D eigenvalue weighted by Gasteiger charge is -2.35. The van der Waals surface area contributed by atoms with E-state index in [1.807, 2.05) is 35.2 Å². The van der Waals surface area contributed by atoms with Crippen molar-refractivity contribution in [2.45, 2.75) is 6.54 Å². The molecule has 1 fully saturated rings. The molecule has 5 nitrogen and oxygen atoms in total. The normalized spacial score (nSPS) is 15.1. The highest BCUT2D eigenvalue weighted by Crippen LogP contribution is 2.25. The molecule has 144 valence electrons. The first-order valence-electron chi connectivity index (χ1n) is 9.12. The maximum absolute atomic E-state index is 12.7. The molecule has 3 aromatic rings. The third-order valence-electron chi connectivity index (χ3n) is 5.04. The Hall–Kier alpha value is -2.15. The number of anilines is 1. The summed E-state index contributed by atoms with van der Waals surface area (Å²) in [6, 6.07) is 15.2. The number of fused-ring (bicyclic) bond motifs is 1.